The molecule has 0 heterocycles. The normalized spacial score (nSPS) is 9.87. The number of carbonyl (C=O) groups is 1. The van der Waals surface area contributed by atoms with Gasteiger partial charge < -0.3 is 9.47 Å². The molecule has 0 N–H and O–H groups in total. The molecule has 15 heavy (non-hydrogen) atoms. The van der Waals surface area contributed by atoms with Crippen molar-refractivity contribution in [2.45, 2.75) is 0 Å². The Morgan fingerprint density at radius 2 is 1.93 bits per heavy atom. The van der Waals surface area contributed by atoms with E-state index >= 15 is 0 Å². The minimum absolute atomic E-state index is 0.0867. The SMILES string of the molecule is COc1cc(OC)c(C(=O)CBr)cc1Cl. The standard InChI is InChI=1S/C10H10BrClO3/c1-14-9-4-10(15-2)7(12)3-6(9)8(13)5-11/h3-4H,5H2,1-2H3. The van der Waals surface area contributed by atoms with E-state index in [1.54, 1.807) is 12.1 Å². The van der Waals surface area contributed by atoms with Crippen molar-refractivity contribution in [1.29, 1.82) is 0 Å². The quantitative estimate of drug-likeness (QED) is 0.632. The fourth-order valence-corrected chi connectivity index (χ4v) is 1.69. The van der Waals surface area contributed by atoms with Crippen LogP contribution in [0.2, 0.25) is 5.02 Å². The predicted octanol–water partition coefficient (Wildman–Crippen LogP) is 2.93. The van der Waals surface area contributed by atoms with Gasteiger partial charge in [0.2, 0.25) is 0 Å². The van der Waals surface area contributed by atoms with Crippen LogP contribution < -0.4 is 9.47 Å². The molecule has 0 atom stereocenters. The van der Waals surface area contributed by atoms with Crippen LogP contribution in [0.5, 0.6) is 11.5 Å². The second-order valence-corrected chi connectivity index (χ2v) is 3.71. The van der Waals surface area contributed by atoms with Crippen molar-refractivity contribution in [1.82, 2.24) is 0 Å². The molecule has 5 heteroatoms. The van der Waals surface area contributed by atoms with E-state index in [-0.39, 0.29) is 11.1 Å². The van der Waals surface area contributed by atoms with Gasteiger partial charge in [-0.25, -0.2) is 0 Å². The summed E-state index contributed by atoms with van der Waals surface area (Å²) in [4.78, 5) is 11.5. The number of halogens is 2. The maximum Gasteiger partial charge on any atom is 0.177 e. The Balaban J connectivity index is 3.27. The summed E-state index contributed by atoms with van der Waals surface area (Å²) in [5.74, 6) is 0.858. The summed E-state index contributed by atoms with van der Waals surface area (Å²) >= 11 is 9.01. The van der Waals surface area contributed by atoms with Gasteiger partial charge in [0.25, 0.3) is 0 Å². The highest BCUT2D eigenvalue weighted by Crippen LogP contribution is 2.32. The van der Waals surface area contributed by atoms with E-state index in [4.69, 9.17) is 21.1 Å². The number of Topliss-reactive ketones (excluding diaryl/α,β-unsaturated/α-hetero) is 1. The minimum atomic E-state index is -0.0867. The van der Waals surface area contributed by atoms with E-state index in [2.05, 4.69) is 15.9 Å². The highest BCUT2D eigenvalue weighted by molar-refractivity contribution is 9.09. The zero-order valence-electron chi connectivity index (χ0n) is 8.34. The van der Waals surface area contributed by atoms with E-state index in [1.807, 2.05) is 0 Å². The number of methoxy groups -OCH3 is 2. The van der Waals surface area contributed by atoms with Crippen molar-refractivity contribution < 1.29 is 14.3 Å². The molecule has 1 aromatic rings. The first-order valence-corrected chi connectivity index (χ1v) is 5.64. The van der Waals surface area contributed by atoms with Crippen molar-refractivity contribution in [2.75, 3.05) is 19.5 Å². The molecule has 1 aromatic carbocycles. The maximum atomic E-state index is 11.5. The number of rotatable bonds is 4. The summed E-state index contributed by atoms with van der Waals surface area (Å²) in [7, 11) is 3.00. The number of carbonyl (C=O) groups excluding carboxylic acids is 1. The van der Waals surface area contributed by atoms with Gasteiger partial charge in [0, 0.05) is 6.07 Å². The monoisotopic (exact) mass is 292 g/mol. The summed E-state index contributed by atoms with van der Waals surface area (Å²) in [5, 5.41) is 0.619. The first-order valence-electron chi connectivity index (χ1n) is 4.14. The van der Waals surface area contributed by atoms with Crippen LogP contribution >= 0.6 is 27.5 Å². The third-order valence-electron chi connectivity index (χ3n) is 1.90. The first-order chi connectivity index (χ1) is 7.13. The lowest BCUT2D eigenvalue weighted by Gasteiger charge is -2.10. The van der Waals surface area contributed by atoms with Crippen LogP contribution in [0.15, 0.2) is 12.1 Å². The number of hydrogen-bond donors (Lipinski definition) is 0. The average Bonchev–Trinajstić information content (AvgIpc) is 2.27. The highest BCUT2D eigenvalue weighted by atomic mass is 79.9. The molecule has 0 saturated heterocycles. The topological polar surface area (TPSA) is 35.5 Å². The lowest BCUT2D eigenvalue weighted by molar-refractivity contribution is 0.102. The van der Waals surface area contributed by atoms with Crippen LogP contribution in [-0.4, -0.2) is 25.3 Å². The first kappa shape index (κ1) is 12.3. The van der Waals surface area contributed by atoms with Crippen LogP contribution in [0.4, 0.5) is 0 Å². The molecule has 1 rings (SSSR count). The second kappa shape index (κ2) is 5.37. The molecule has 0 unspecified atom stereocenters. The molecule has 0 amide bonds. The average molecular weight is 294 g/mol. The van der Waals surface area contributed by atoms with E-state index in [0.29, 0.717) is 22.1 Å². The molecular formula is C10H10BrClO3. The Hall–Kier alpha value is -0.740. The number of ether oxygens (including phenoxy) is 2. The van der Waals surface area contributed by atoms with Gasteiger partial charge in [-0.15, -0.1) is 0 Å². The van der Waals surface area contributed by atoms with Gasteiger partial charge in [-0.2, -0.15) is 0 Å². The molecule has 0 bridgehead atoms. The van der Waals surface area contributed by atoms with Crippen LogP contribution in [-0.2, 0) is 0 Å². The number of alkyl halides is 1. The molecule has 0 aromatic heterocycles. The third kappa shape index (κ3) is 2.63. The van der Waals surface area contributed by atoms with Gasteiger partial charge in [0.15, 0.2) is 5.78 Å². The van der Waals surface area contributed by atoms with Crippen LogP contribution in [0.3, 0.4) is 0 Å². The van der Waals surface area contributed by atoms with Gasteiger partial charge in [-0.1, -0.05) is 27.5 Å². The summed E-state index contributed by atoms with van der Waals surface area (Å²) in [6, 6.07) is 3.14. The summed E-state index contributed by atoms with van der Waals surface area (Å²) in [5.41, 5.74) is 0.445. The van der Waals surface area contributed by atoms with Gasteiger partial charge in [-0.05, 0) is 6.07 Å². The van der Waals surface area contributed by atoms with Crippen LogP contribution in [0.1, 0.15) is 10.4 Å². The Morgan fingerprint density at radius 1 is 1.33 bits per heavy atom. The summed E-state index contributed by atoms with van der Waals surface area (Å²) in [6.45, 7) is 0. The van der Waals surface area contributed by atoms with Crippen molar-refractivity contribution >= 4 is 33.3 Å². The summed E-state index contributed by atoms with van der Waals surface area (Å²) in [6.07, 6.45) is 0. The molecule has 3 nitrogen and oxygen atoms in total. The third-order valence-corrected chi connectivity index (χ3v) is 2.70. The molecule has 0 aliphatic rings. The molecule has 0 saturated carbocycles. The zero-order valence-corrected chi connectivity index (χ0v) is 10.7. The van der Waals surface area contributed by atoms with Crippen molar-refractivity contribution in [3.05, 3.63) is 22.7 Å². The molecule has 0 spiro atoms. The molecule has 0 aliphatic heterocycles. The second-order valence-electron chi connectivity index (χ2n) is 2.74. The molecular weight excluding hydrogens is 283 g/mol. The Bertz CT molecular complexity index is 379. The molecule has 0 aliphatic carbocycles. The fourth-order valence-electron chi connectivity index (χ4n) is 1.15. The maximum absolute atomic E-state index is 11.5. The Kier molecular flexibility index (Phi) is 4.42. The molecule has 0 fully saturated rings. The Labute approximate surface area is 101 Å². The lowest BCUT2D eigenvalue weighted by atomic mass is 10.1. The van der Waals surface area contributed by atoms with Gasteiger partial charge in [-0.3, -0.25) is 4.79 Å². The van der Waals surface area contributed by atoms with Crippen molar-refractivity contribution in [2.24, 2.45) is 0 Å². The molecule has 82 valence electrons. The van der Waals surface area contributed by atoms with Crippen LogP contribution in [0.25, 0.3) is 0 Å². The zero-order chi connectivity index (χ0) is 11.4. The van der Waals surface area contributed by atoms with Crippen LogP contribution in [0, 0.1) is 0 Å². The van der Waals surface area contributed by atoms with Gasteiger partial charge >= 0.3 is 0 Å². The van der Waals surface area contributed by atoms with E-state index < -0.39 is 0 Å². The van der Waals surface area contributed by atoms with E-state index in [0.717, 1.165) is 0 Å². The molecule has 0 radical (unpaired) electrons. The van der Waals surface area contributed by atoms with E-state index in [1.165, 1.54) is 14.2 Å². The largest absolute Gasteiger partial charge is 0.496 e. The summed E-state index contributed by atoms with van der Waals surface area (Å²) < 4.78 is 10.1. The van der Waals surface area contributed by atoms with Crippen molar-refractivity contribution in [3.8, 4) is 11.5 Å². The fraction of sp³-hybridized carbons (Fsp3) is 0.300. The number of benzene rings is 1. The minimum Gasteiger partial charge on any atom is -0.496 e. The smallest absolute Gasteiger partial charge is 0.177 e. The van der Waals surface area contributed by atoms with Gasteiger partial charge in [0.1, 0.15) is 11.5 Å². The Morgan fingerprint density at radius 3 is 2.40 bits per heavy atom. The number of hydrogen-bond acceptors (Lipinski definition) is 3. The number of ketones is 1. The van der Waals surface area contributed by atoms with Crippen molar-refractivity contribution in [3.63, 3.8) is 0 Å². The van der Waals surface area contributed by atoms with E-state index in [9.17, 15) is 4.79 Å². The highest BCUT2D eigenvalue weighted by Gasteiger charge is 2.14. The predicted molar refractivity (Wildman–Crippen MR) is 62.7 cm³/mol. The lowest BCUT2D eigenvalue weighted by Crippen LogP contribution is -2.03. The van der Waals surface area contributed by atoms with Gasteiger partial charge in [0.05, 0.1) is 30.1 Å².